The molecule has 0 aromatic heterocycles. The standard InChI is InChI=1S/C9H21ClO4P/c1-3-5-6-9(4-2,7-11)8-14-15(10,12)13/h11-13H,3-8H2,1-2H3/q+1. The van der Waals surface area contributed by atoms with Gasteiger partial charge in [0, 0.05) is 5.41 Å². The van der Waals surface area contributed by atoms with Crippen LogP contribution < -0.4 is 0 Å². The van der Waals surface area contributed by atoms with E-state index in [2.05, 4.69) is 6.92 Å². The first-order valence-corrected chi connectivity index (χ1v) is 7.70. The van der Waals surface area contributed by atoms with Gasteiger partial charge in [0.15, 0.2) is 11.2 Å². The van der Waals surface area contributed by atoms with Crippen LogP contribution in [0.3, 0.4) is 0 Å². The molecule has 0 amide bonds. The van der Waals surface area contributed by atoms with Gasteiger partial charge in [-0.3, -0.25) is 0 Å². The number of aliphatic hydroxyl groups is 1. The lowest BCUT2D eigenvalue weighted by molar-refractivity contribution is 0.0458. The second-order valence-corrected chi connectivity index (χ2v) is 6.39. The minimum atomic E-state index is -3.71. The van der Waals surface area contributed by atoms with Crippen LogP contribution >= 0.6 is 18.5 Å². The molecule has 3 N–H and O–H groups in total. The first kappa shape index (κ1) is 15.6. The van der Waals surface area contributed by atoms with Gasteiger partial charge in [0.2, 0.25) is 0 Å². The Labute approximate surface area is 96.6 Å². The lowest BCUT2D eigenvalue weighted by atomic mass is 9.82. The van der Waals surface area contributed by atoms with Crippen molar-refractivity contribution in [2.24, 2.45) is 5.41 Å². The zero-order chi connectivity index (χ0) is 11.9. The van der Waals surface area contributed by atoms with Gasteiger partial charge in [0.25, 0.3) is 0 Å². The van der Waals surface area contributed by atoms with Gasteiger partial charge in [0.05, 0.1) is 6.61 Å². The Morgan fingerprint density at radius 1 is 1.33 bits per heavy atom. The fraction of sp³-hybridized carbons (Fsp3) is 1.00. The van der Waals surface area contributed by atoms with Crippen molar-refractivity contribution < 1.29 is 19.4 Å². The van der Waals surface area contributed by atoms with Crippen LogP contribution in [0.4, 0.5) is 0 Å². The summed E-state index contributed by atoms with van der Waals surface area (Å²) in [4.78, 5) is 17.9. The Kier molecular flexibility index (Phi) is 7.26. The molecule has 0 saturated heterocycles. The van der Waals surface area contributed by atoms with Crippen LogP contribution in [0.5, 0.6) is 0 Å². The maximum absolute atomic E-state index is 9.33. The third-order valence-electron chi connectivity index (χ3n) is 2.68. The second-order valence-electron chi connectivity index (χ2n) is 3.86. The number of rotatable bonds is 8. The minimum absolute atomic E-state index is 0.0274. The highest BCUT2D eigenvalue weighted by atomic mass is 35.7. The molecule has 0 aliphatic heterocycles. The van der Waals surface area contributed by atoms with E-state index in [0.29, 0.717) is 0 Å². The minimum Gasteiger partial charge on any atom is -0.396 e. The molecule has 0 radical (unpaired) electrons. The number of halogens is 1. The highest BCUT2D eigenvalue weighted by molar-refractivity contribution is 7.86. The molecule has 1 atom stereocenters. The van der Waals surface area contributed by atoms with Crippen molar-refractivity contribution in [1.82, 2.24) is 0 Å². The average Bonchev–Trinajstić information content (AvgIpc) is 2.18. The summed E-state index contributed by atoms with van der Waals surface area (Å²) in [7, 11) is -3.71. The van der Waals surface area contributed by atoms with Gasteiger partial charge in [-0.25, -0.2) is 0 Å². The van der Waals surface area contributed by atoms with Crippen LogP contribution in [-0.2, 0) is 4.52 Å². The molecular formula is C9H21ClO4P+. The van der Waals surface area contributed by atoms with Gasteiger partial charge in [-0.2, -0.15) is 14.3 Å². The monoisotopic (exact) mass is 259 g/mol. The van der Waals surface area contributed by atoms with Crippen molar-refractivity contribution in [2.75, 3.05) is 13.2 Å². The molecule has 0 aromatic carbocycles. The predicted octanol–water partition coefficient (Wildman–Crippen LogP) is 2.48. The van der Waals surface area contributed by atoms with Gasteiger partial charge in [-0.1, -0.05) is 26.7 Å². The summed E-state index contributed by atoms with van der Waals surface area (Å²) in [6.45, 7) is 4.07. The summed E-state index contributed by atoms with van der Waals surface area (Å²) in [5.74, 6) is 0. The molecule has 0 aromatic rings. The molecule has 0 heterocycles. The van der Waals surface area contributed by atoms with E-state index in [0.717, 1.165) is 25.7 Å². The normalized spacial score (nSPS) is 16.4. The summed E-state index contributed by atoms with van der Waals surface area (Å²) in [6, 6.07) is 0. The van der Waals surface area contributed by atoms with Crippen molar-refractivity contribution in [3.8, 4) is 0 Å². The van der Waals surface area contributed by atoms with Gasteiger partial charge in [-0.15, -0.1) is 0 Å². The molecule has 0 aliphatic carbocycles. The SMILES string of the molecule is CCCCC(CC)(CO)CO[P+](O)(O)Cl. The predicted molar refractivity (Wildman–Crippen MR) is 62.5 cm³/mol. The highest BCUT2D eigenvalue weighted by Gasteiger charge is 2.39. The molecule has 1 unspecified atom stereocenters. The Bertz CT molecular complexity index is 168. The fourth-order valence-electron chi connectivity index (χ4n) is 1.36. The van der Waals surface area contributed by atoms with Crippen LogP contribution in [0, 0.1) is 5.41 Å². The van der Waals surface area contributed by atoms with Crippen LogP contribution in [0.1, 0.15) is 39.5 Å². The smallest absolute Gasteiger partial charge is 0.396 e. The van der Waals surface area contributed by atoms with E-state index in [1.165, 1.54) is 0 Å². The molecule has 15 heavy (non-hydrogen) atoms. The maximum atomic E-state index is 9.33. The molecule has 0 spiro atoms. The third kappa shape index (κ3) is 6.67. The van der Waals surface area contributed by atoms with Crippen LogP contribution in [0.2, 0.25) is 0 Å². The van der Waals surface area contributed by atoms with Crippen molar-refractivity contribution in [1.29, 1.82) is 0 Å². The summed E-state index contributed by atoms with van der Waals surface area (Å²) < 4.78 is 4.80. The number of hydrogen-bond donors (Lipinski definition) is 3. The maximum Gasteiger partial charge on any atom is 0.519 e. The topological polar surface area (TPSA) is 69.9 Å². The first-order valence-electron chi connectivity index (χ1n) is 5.18. The molecule has 0 saturated carbocycles. The largest absolute Gasteiger partial charge is 0.519 e. The summed E-state index contributed by atoms with van der Waals surface area (Å²) in [5.41, 5.74) is -0.401. The number of unbranched alkanes of at least 4 members (excludes halogenated alkanes) is 1. The van der Waals surface area contributed by atoms with E-state index >= 15 is 0 Å². The van der Waals surface area contributed by atoms with E-state index in [9.17, 15) is 5.11 Å². The fourth-order valence-corrected chi connectivity index (χ4v) is 1.94. The average molecular weight is 260 g/mol. The molecule has 92 valence electrons. The third-order valence-corrected chi connectivity index (χ3v) is 3.43. The van der Waals surface area contributed by atoms with Crippen molar-refractivity contribution >= 4 is 18.5 Å². The summed E-state index contributed by atoms with van der Waals surface area (Å²) >= 11 is 5.21. The Morgan fingerprint density at radius 3 is 2.27 bits per heavy atom. The van der Waals surface area contributed by atoms with Gasteiger partial charge in [-0.05, 0) is 12.8 Å². The summed E-state index contributed by atoms with van der Waals surface area (Å²) in [5, 5.41) is 9.33. The Morgan fingerprint density at radius 2 is 1.93 bits per heavy atom. The molecule has 6 heteroatoms. The van der Waals surface area contributed by atoms with Crippen molar-refractivity contribution in [3.63, 3.8) is 0 Å². The van der Waals surface area contributed by atoms with E-state index in [1.54, 1.807) is 0 Å². The van der Waals surface area contributed by atoms with Gasteiger partial charge >= 0.3 is 7.30 Å². The molecular weight excluding hydrogens is 239 g/mol. The van der Waals surface area contributed by atoms with E-state index < -0.39 is 12.7 Å². The van der Waals surface area contributed by atoms with E-state index in [-0.39, 0.29) is 13.2 Å². The zero-order valence-corrected chi connectivity index (χ0v) is 11.0. The Balaban J connectivity index is 4.23. The lowest BCUT2D eigenvalue weighted by Crippen LogP contribution is -2.30. The van der Waals surface area contributed by atoms with E-state index in [4.69, 9.17) is 25.6 Å². The second kappa shape index (κ2) is 7.00. The zero-order valence-electron chi connectivity index (χ0n) is 9.32. The van der Waals surface area contributed by atoms with Crippen LogP contribution in [-0.4, -0.2) is 28.1 Å². The first-order chi connectivity index (χ1) is 6.89. The summed E-state index contributed by atoms with van der Waals surface area (Å²) in [6.07, 6.45) is 3.53. The molecule has 0 rings (SSSR count). The highest BCUT2D eigenvalue weighted by Crippen LogP contribution is 2.57. The molecule has 0 bridgehead atoms. The number of aliphatic hydroxyl groups excluding tert-OH is 1. The van der Waals surface area contributed by atoms with Gasteiger partial charge < -0.3 is 5.11 Å². The van der Waals surface area contributed by atoms with E-state index in [1.807, 2.05) is 6.92 Å². The molecule has 4 nitrogen and oxygen atoms in total. The van der Waals surface area contributed by atoms with Crippen molar-refractivity contribution in [2.45, 2.75) is 39.5 Å². The number of hydrogen-bond acceptors (Lipinski definition) is 4. The Hall–Kier alpha value is 0.560. The van der Waals surface area contributed by atoms with Crippen molar-refractivity contribution in [3.05, 3.63) is 0 Å². The van der Waals surface area contributed by atoms with Gasteiger partial charge in [0.1, 0.15) is 6.61 Å². The lowest BCUT2D eigenvalue weighted by Gasteiger charge is -2.29. The van der Waals surface area contributed by atoms with Crippen LogP contribution in [0.25, 0.3) is 0 Å². The molecule has 0 fully saturated rings. The quantitative estimate of drug-likeness (QED) is 0.586. The van der Waals surface area contributed by atoms with Crippen LogP contribution in [0.15, 0.2) is 0 Å². The molecule has 0 aliphatic rings.